The van der Waals surface area contributed by atoms with E-state index in [9.17, 15) is 8.42 Å². The van der Waals surface area contributed by atoms with Crippen molar-refractivity contribution in [2.75, 3.05) is 6.61 Å². The number of aryl methyl sites for hydroxylation is 1. The Bertz CT molecular complexity index is 791. The number of ether oxygens (including phenoxy) is 1. The van der Waals surface area contributed by atoms with Crippen molar-refractivity contribution in [3.63, 3.8) is 0 Å². The summed E-state index contributed by atoms with van der Waals surface area (Å²) in [5, 5.41) is 0.395. The SMILES string of the molecule is CCCOc1cc(C)c(Cl)cc1S(=O)(=O)N[C@H](C)c1ccccc1. The van der Waals surface area contributed by atoms with Crippen LogP contribution in [0.2, 0.25) is 5.02 Å². The molecule has 1 N–H and O–H groups in total. The van der Waals surface area contributed by atoms with Crippen LogP contribution < -0.4 is 9.46 Å². The van der Waals surface area contributed by atoms with Crippen LogP contribution in [-0.2, 0) is 10.0 Å². The van der Waals surface area contributed by atoms with E-state index in [0.29, 0.717) is 17.4 Å². The van der Waals surface area contributed by atoms with Gasteiger partial charge in [-0.25, -0.2) is 13.1 Å². The summed E-state index contributed by atoms with van der Waals surface area (Å²) in [5.74, 6) is 0.325. The van der Waals surface area contributed by atoms with E-state index in [2.05, 4.69) is 4.72 Å². The Morgan fingerprint density at radius 1 is 1.21 bits per heavy atom. The van der Waals surface area contributed by atoms with E-state index in [1.807, 2.05) is 44.2 Å². The number of sulfonamides is 1. The molecule has 0 aliphatic heterocycles. The largest absolute Gasteiger partial charge is 0.492 e. The fourth-order valence-corrected chi connectivity index (χ4v) is 3.89. The van der Waals surface area contributed by atoms with Crippen molar-refractivity contribution < 1.29 is 13.2 Å². The summed E-state index contributed by atoms with van der Waals surface area (Å²) in [5.41, 5.74) is 1.66. The number of nitrogens with one attached hydrogen (secondary N) is 1. The monoisotopic (exact) mass is 367 g/mol. The molecule has 0 saturated heterocycles. The second-order valence-electron chi connectivity index (χ2n) is 5.65. The molecule has 24 heavy (non-hydrogen) atoms. The molecule has 0 aliphatic carbocycles. The van der Waals surface area contributed by atoms with Crippen LogP contribution in [0.15, 0.2) is 47.4 Å². The van der Waals surface area contributed by atoms with E-state index in [1.54, 1.807) is 13.0 Å². The van der Waals surface area contributed by atoms with Crippen molar-refractivity contribution in [1.82, 2.24) is 4.72 Å². The summed E-state index contributed by atoms with van der Waals surface area (Å²) in [6.07, 6.45) is 0.787. The van der Waals surface area contributed by atoms with Crippen molar-refractivity contribution in [1.29, 1.82) is 0 Å². The molecule has 0 unspecified atom stereocenters. The minimum atomic E-state index is -3.77. The van der Waals surface area contributed by atoms with Crippen molar-refractivity contribution in [3.05, 3.63) is 58.6 Å². The Morgan fingerprint density at radius 3 is 2.50 bits per heavy atom. The molecule has 2 aromatic carbocycles. The van der Waals surface area contributed by atoms with Gasteiger partial charge in [0.15, 0.2) is 0 Å². The topological polar surface area (TPSA) is 55.4 Å². The van der Waals surface area contributed by atoms with Crippen LogP contribution in [0.4, 0.5) is 0 Å². The van der Waals surface area contributed by atoms with Crippen LogP contribution in [0.25, 0.3) is 0 Å². The van der Waals surface area contributed by atoms with E-state index in [-0.39, 0.29) is 10.9 Å². The quantitative estimate of drug-likeness (QED) is 0.785. The average Bonchev–Trinajstić information content (AvgIpc) is 2.55. The van der Waals surface area contributed by atoms with Crippen LogP contribution in [0.1, 0.15) is 37.4 Å². The number of rotatable bonds is 7. The first-order chi connectivity index (χ1) is 11.3. The highest BCUT2D eigenvalue weighted by atomic mass is 35.5. The Kier molecular flexibility index (Phi) is 6.27. The molecule has 0 fully saturated rings. The minimum absolute atomic E-state index is 0.0642. The van der Waals surface area contributed by atoms with Gasteiger partial charge in [0.1, 0.15) is 10.6 Å². The Balaban J connectivity index is 2.36. The Labute approximate surface area is 148 Å². The summed E-state index contributed by atoms with van der Waals surface area (Å²) >= 11 is 6.13. The van der Waals surface area contributed by atoms with Crippen LogP contribution in [0.5, 0.6) is 5.75 Å². The third-order valence-electron chi connectivity index (χ3n) is 3.61. The molecule has 0 radical (unpaired) electrons. The molecule has 130 valence electrons. The lowest BCUT2D eigenvalue weighted by Crippen LogP contribution is -2.27. The van der Waals surface area contributed by atoms with Gasteiger partial charge >= 0.3 is 0 Å². The lowest BCUT2D eigenvalue weighted by molar-refractivity contribution is 0.309. The zero-order valence-electron chi connectivity index (χ0n) is 14.0. The average molecular weight is 368 g/mol. The van der Waals surface area contributed by atoms with Crippen molar-refractivity contribution in [2.45, 2.75) is 38.1 Å². The van der Waals surface area contributed by atoms with Gasteiger partial charge in [0, 0.05) is 11.1 Å². The fourth-order valence-electron chi connectivity index (χ4n) is 2.28. The normalized spacial score (nSPS) is 12.8. The molecule has 0 saturated carbocycles. The van der Waals surface area contributed by atoms with Crippen LogP contribution in [0, 0.1) is 6.92 Å². The lowest BCUT2D eigenvalue weighted by atomic mass is 10.1. The number of halogens is 1. The molecule has 0 amide bonds. The lowest BCUT2D eigenvalue weighted by Gasteiger charge is -2.18. The highest BCUT2D eigenvalue weighted by Crippen LogP contribution is 2.31. The van der Waals surface area contributed by atoms with Gasteiger partial charge < -0.3 is 4.74 Å². The maximum atomic E-state index is 12.8. The molecule has 4 nitrogen and oxygen atoms in total. The first kappa shape index (κ1) is 18.8. The van der Waals surface area contributed by atoms with Crippen molar-refractivity contribution in [3.8, 4) is 5.75 Å². The van der Waals surface area contributed by atoms with Gasteiger partial charge in [0.05, 0.1) is 6.61 Å². The molecule has 1 atom stereocenters. The van der Waals surface area contributed by atoms with E-state index in [4.69, 9.17) is 16.3 Å². The van der Waals surface area contributed by atoms with Gasteiger partial charge in [-0.1, -0.05) is 48.9 Å². The fraction of sp³-hybridized carbons (Fsp3) is 0.333. The van der Waals surface area contributed by atoms with Gasteiger partial charge in [-0.3, -0.25) is 0 Å². The van der Waals surface area contributed by atoms with Crippen molar-refractivity contribution in [2.24, 2.45) is 0 Å². The number of hydrogen-bond donors (Lipinski definition) is 1. The first-order valence-corrected chi connectivity index (χ1v) is 9.71. The summed E-state index contributed by atoms with van der Waals surface area (Å²) in [7, 11) is -3.77. The molecule has 0 aliphatic rings. The second kappa shape index (κ2) is 8.01. The summed E-state index contributed by atoms with van der Waals surface area (Å²) < 4.78 is 33.9. The van der Waals surface area contributed by atoms with Gasteiger partial charge in [0.2, 0.25) is 10.0 Å². The van der Waals surface area contributed by atoms with Crippen LogP contribution in [0.3, 0.4) is 0 Å². The van der Waals surface area contributed by atoms with E-state index < -0.39 is 10.0 Å². The van der Waals surface area contributed by atoms with Gasteiger partial charge in [0.25, 0.3) is 0 Å². The Morgan fingerprint density at radius 2 is 1.88 bits per heavy atom. The molecule has 0 aromatic heterocycles. The molecule has 6 heteroatoms. The Hall–Kier alpha value is -1.56. The molecule has 2 rings (SSSR count). The molecule has 0 heterocycles. The number of hydrogen-bond acceptors (Lipinski definition) is 3. The molecule has 0 bridgehead atoms. The first-order valence-electron chi connectivity index (χ1n) is 7.85. The molecule has 2 aromatic rings. The van der Waals surface area contributed by atoms with Crippen LogP contribution >= 0.6 is 11.6 Å². The van der Waals surface area contributed by atoms with E-state index in [0.717, 1.165) is 17.5 Å². The maximum absolute atomic E-state index is 12.8. The van der Waals surface area contributed by atoms with Gasteiger partial charge in [-0.2, -0.15) is 0 Å². The summed E-state index contributed by atoms with van der Waals surface area (Å²) in [6.45, 7) is 6.03. The predicted molar refractivity (Wildman–Crippen MR) is 97.2 cm³/mol. The maximum Gasteiger partial charge on any atom is 0.244 e. The zero-order valence-corrected chi connectivity index (χ0v) is 15.6. The molecule has 0 spiro atoms. The van der Waals surface area contributed by atoms with Crippen molar-refractivity contribution >= 4 is 21.6 Å². The van der Waals surface area contributed by atoms with Crippen LogP contribution in [-0.4, -0.2) is 15.0 Å². The third-order valence-corrected chi connectivity index (χ3v) is 5.58. The minimum Gasteiger partial charge on any atom is -0.492 e. The van der Waals surface area contributed by atoms with Gasteiger partial charge in [-0.15, -0.1) is 0 Å². The van der Waals surface area contributed by atoms with E-state index in [1.165, 1.54) is 6.07 Å². The highest BCUT2D eigenvalue weighted by Gasteiger charge is 2.24. The molecular weight excluding hydrogens is 346 g/mol. The summed E-state index contributed by atoms with van der Waals surface area (Å²) in [4.78, 5) is 0.0642. The molecular formula is C18H22ClNO3S. The standard InChI is InChI=1S/C18H22ClNO3S/c1-4-10-23-17-11-13(2)16(19)12-18(17)24(21,22)20-14(3)15-8-6-5-7-9-15/h5-9,11-12,14,20H,4,10H2,1-3H3/t14-/m1/s1. The van der Waals surface area contributed by atoms with Gasteiger partial charge in [-0.05, 0) is 43.5 Å². The predicted octanol–water partition coefficient (Wildman–Crippen LogP) is 4.48. The number of benzene rings is 2. The zero-order chi connectivity index (χ0) is 17.7. The highest BCUT2D eigenvalue weighted by molar-refractivity contribution is 7.89. The smallest absolute Gasteiger partial charge is 0.244 e. The third kappa shape index (κ3) is 4.50. The second-order valence-corrected chi connectivity index (χ2v) is 7.74. The van der Waals surface area contributed by atoms with E-state index >= 15 is 0 Å². The summed E-state index contributed by atoms with van der Waals surface area (Å²) in [6, 6.07) is 12.1.